The Morgan fingerprint density at radius 1 is 1.40 bits per heavy atom. The Bertz CT molecular complexity index is 598. The van der Waals surface area contributed by atoms with E-state index in [2.05, 4.69) is 43.0 Å². The molecular formula is C9H6IN5. The van der Waals surface area contributed by atoms with Crippen LogP contribution in [0.25, 0.3) is 16.9 Å². The molecule has 0 unspecified atom stereocenters. The molecule has 0 amide bonds. The van der Waals surface area contributed by atoms with Crippen LogP contribution in [0.15, 0.2) is 30.7 Å². The SMILES string of the molecule is Ic1cnc2cc(-c3c[nH]nn3)ccn12. The molecule has 6 heteroatoms. The standard InChI is InChI=1S/C9H6IN5/c10-8-5-11-9-3-6(1-2-15(8)9)7-4-12-14-13-7/h1-5H,(H,12,13,14). The Morgan fingerprint density at radius 2 is 2.33 bits per heavy atom. The van der Waals surface area contributed by atoms with Crippen LogP contribution in [0, 0.1) is 3.70 Å². The molecule has 0 aliphatic carbocycles. The van der Waals surface area contributed by atoms with Gasteiger partial charge in [-0.3, -0.25) is 9.50 Å². The fourth-order valence-corrected chi connectivity index (χ4v) is 2.00. The molecule has 0 spiro atoms. The number of nitrogens with zero attached hydrogens (tertiary/aromatic N) is 4. The second-order valence-electron chi connectivity index (χ2n) is 3.08. The number of hydrogen-bond acceptors (Lipinski definition) is 3. The van der Waals surface area contributed by atoms with E-state index in [0.717, 1.165) is 20.6 Å². The van der Waals surface area contributed by atoms with Crippen molar-refractivity contribution in [3.63, 3.8) is 0 Å². The van der Waals surface area contributed by atoms with E-state index >= 15 is 0 Å². The fraction of sp³-hybridized carbons (Fsp3) is 0. The van der Waals surface area contributed by atoms with E-state index in [1.807, 2.05) is 28.9 Å². The molecular weight excluding hydrogens is 305 g/mol. The number of imidazole rings is 1. The Labute approximate surface area is 98.7 Å². The van der Waals surface area contributed by atoms with Gasteiger partial charge in [-0.1, -0.05) is 5.21 Å². The summed E-state index contributed by atoms with van der Waals surface area (Å²) in [6, 6.07) is 3.98. The summed E-state index contributed by atoms with van der Waals surface area (Å²) >= 11 is 2.24. The average molecular weight is 311 g/mol. The van der Waals surface area contributed by atoms with E-state index in [-0.39, 0.29) is 0 Å². The molecule has 15 heavy (non-hydrogen) atoms. The number of pyridine rings is 1. The highest BCUT2D eigenvalue weighted by atomic mass is 127. The van der Waals surface area contributed by atoms with Gasteiger partial charge in [-0.25, -0.2) is 4.98 Å². The fourth-order valence-electron chi connectivity index (χ4n) is 1.45. The summed E-state index contributed by atoms with van der Waals surface area (Å²) in [5.41, 5.74) is 2.76. The first-order valence-corrected chi connectivity index (χ1v) is 5.42. The molecule has 0 aliphatic rings. The van der Waals surface area contributed by atoms with E-state index < -0.39 is 0 Å². The maximum atomic E-state index is 4.29. The quantitative estimate of drug-likeness (QED) is 0.696. The van der Waals surface area contributed by atoms with Crippen LogP contribution in [-0.2, 0) is 0 Å². The van der Waals surface area contributed by atoms with Gasteiger partial charge in [0.05, 0.1) is 6.20 Å². The summed E-state index contributed by atoms with van der Waals surface area (Å²) < 4.78 is 3.11. The smallest absolute Gasteiger partial charge is 0.138 e. The second-order valence-corrected chi connectivity index (χ2v) is 4.19. The van der Waals surface area contributed by atoms with Crippen molar-refractivity contribution in [2.45, 2.75) is 0 Å². The third-order valence-electron chi connectivity index (χ3n) is 2.18. The molecule has 0 fully saturated rings. The summed E-state index contributed by atoms with van der Waals surface area (Å²) in [7, 11) is 0. The zero-order chi connectivity index (χ0) is 10.3. The lowest BCUT2D eigenvalue weighted by atomic mass is 10.2. The number of hydrogen-bond donors (Lipinski definition) is 1. The molecule has 0 aliphatic heterocycles. The van der Waals surface area contributed by atoms with E-state index in [4.69, 9.17) is 0 Å². The number of nitrogens with one attached hydrogen (secondary N) is 1. The monoisotopic (exact) mass is 311 g/mol. The molecule has 3 heterocycles. The van der Waals surface area contributed by atoms with Crippen molar-refractivity contribution in [2.24, 2.45) is 0 Å². The number of fused-ring (bicyclic) bond motifs is 1. The molecule has 0 saturated heterocycles. The minimum atomic E-state index is 0.829. The zero-order valence-electron chi connectivity index (χ0n) is 7.55. The van der Waals surface area contributed by atoms with Crippen LogP contribution >= 0.6 is 22.6 Å². The van der Waals surface area contributed by atoms with Crippen molar-refractivity contribution in [3.8, 4) is 11.3 Å². The molecule has 0 aromatic carbocycles. The van der Waals surface area contributed by atoms with Crippen molar-refractivity contribution in [2.75, 3.05) is 0 Å². The number of H-pyrrole nitrogens is 1. The predicted molar refractivity (Wildman–Crippen MR) is 63.3 cm³/mol. The van der Waals surface area contributed by atoms with Crippen LogP contribution in [0.5, 0.6) is 0 Å². The Morgan fingerprint density at radius 3 is 3.13 bits per heavy atom. The first-order valence-electron chi connectivity index (χ1n) is 4.34. The maximum Gasteiger partial charge on any atom is 0.138 e. The molecule has 0 radical (unpaired) electrons. The second kappa shape index (κ2) is 3.30. The summed E-state index contributed by atoms with van der Waals surface area (Å²) in [5.74, 6) is 0. The Hall–Kier alpha value is -1.44. The van der Waals surface area contributed by atoms with Crippen LogP contribution in [0.4, 0.5) is 0 Å². The third-order valence-corrected chi connectivity index (χ3v) is 2.98. The molecule has 1 N–H and O–H groups in total. The van der Waals surface area contributed by atoms with Gasteiger partial charge in [0.2, 0.25) is 0 Å². The van der Waals surface area contributed by atoms with E-state index in [1.165, 1.54) is 0 Å². The number of aromatic amines is 1. The Kier molecular flexibility index (Phi) is 1.94. The van der Waals surface area contributed by atoms with Crippen molar-refractivity contribution in [1.82, 2.24) is 24.8 Å². The number of halogens is 1. The van der Waals surface area contributed by atoms with Crippen LogP contribution < -0.4 is 0 Å². The summed E-state index contributed by atoms with van der Waals surface area (Å²) in [5, 5.41) is 10.3. The van der Waals surface area contributed by atoms with Crippen LogP contribution in [0.2, 0.25) is 0 Å². The number of rotatable bonds is 1. The van der Waals surface area contributed by atoms with Crippen molar-refractivity contribution < 1.29 is 0 Å². The van der Waals surface area contributed by atoms with Gasteiger partial charge >= 0.3 is 0 Å². The average Bonchev–Trinajstić information content (AvgIpc) is 2.88. The minimum absolute atomic E-state index is 0.829. The first kappa shape index (κ1) is 8.84. The summed E-state index contributed by atoms with van der Waals surface area (Å²) in [6.07, 6.45) is 5.58. The van der Waals surface area contributed by atoms with E-state index in [9.17, 15) is 0 Å². The predicted octanol–water partition coefficient (Wildman–Crippen LogP) is 1.72. The summed E-state index contributed by atoms with van der Waals surface area (Å²) in [4.78, 5) is 4.29. The largest absolute Gasteiger partial charge is 0.295 e. The minimum Gasteiger partial charge on any atom is -0.295 e. The van der Waals surface area contributed by atoms with Crippen molar-refractivity contribution in [1.29, 1.82) is 0 Å². The zero-order valence-corrected chi connectivity index (χ0v) is 9.71. The lowest BCUT2D eigenvalue weighted by Gasteiger charge is -1.98. The summed E-state index contributed by atoms with van der Waals surface area (Å²) in [6.45, 7) is 0. The third kappa shape index (κ3) is 1.41. The van der Waals surface area contributed by atoms with Crippen LogP contribution in [0.1, 0.15) is 0 Å². The van der Waals surface area contributed by atoms with Gasteiger partial charge in [0, 0.05) is 18.0 Å². The molecule has 5 nitrogen and oxygen atoms in total. The van der Waals surface area contributed by atoms with Gasteiger partial charge in [-0.15, -0.1) is 5.10 Å². The molecule has 74 valence electrons. The van der Waals surface area contributed by atoms with E-state index in [1.54, 1.807) is 6.20 Å². The molecule has 3 rings (SSSR count). The highest BCUT2D eigenvalue weighted by Crippen LogP contribution is 2.18. The van der Waals surface area contributed by atoms with Gasteiger partial charge in [0.25, 0.3) is 0 Å². The molecule has 3 aromatic rings. The van der Waals surface area contributed by atoms with Gasteiger partial charge in [0.1, 0.15) is 15.0 Å². The molecule has 0 saturated carbocycles. The van der Waals surface area contributed by atoms with Crippen LogP contribution in [0.3, 0.4) is 0 Å². The number of aromatic nitrogens is 5. The van der Waals surface area contributed by atoms with E-state index in [0.29, 0.717) is 0 Å². The van der Waals surface area contributed by atoms with Crippen molar-refractivity contribution >= 4 is 28.2 Å². The maximum absolute atomic E-state index is 4.29. The van der Waals surface area contributed by atoms with Gasteiger partial charge in [0.15, 0.2) is 0 Å². The lowest BCUT2D eigenvalue weighted by Crippen LogP contribution is -1.87. The molecule has 0 bridgehead atoms. The van der Waals surface area contributed by atoms with Crippen LogP contribution in [-0.4, -0.2) is 24.8 Å². The first-order chi connectivity index (χ1) is 7.34. The highest BCUT2D eigenvalue weighted by molar-refractivity contribution is 14.1. The molecule has 3 aromatic heterocycles. The van der Waals surface area contributed by atoms with Gasteiger partial charge in [-0.05, 0) is 34.7 Å². The Balaban J connectivity index is 2.23. The topological polar surface area (TPSA) is 58.9 Å². The highest BCUT2D eigenvalue weighted by Gasteiger charge is 2.04. The van der Waals surface area contributed by atoms with Crippen molar-refractivity contribution in [3.05, 3.63) is 34.4 Å². The van der Waals surface area contributed by atoms with Gasteiger partial charge in [-0.2, -0.15) is 0 Å². The lowest BCUT2D eigenvalue weighted by molar-refractivity contribution is 0.942. The van der Waals surface area contributed by atoms with Gasteiger partial charge < -0.3 is 0 Å². The normalized spacial score (nSPS) is 11.0. The molecule has 0 atom stereocenters.